The molecule has 1 heterocycles. The lowest BCUT2D eigenvalue weighted by Gasteiger charge is -2.09. The number of aromatic nitrogens is 2. The second kappa shape index (κ2) is 5.44. The Kier molecular flexibility index (Phi) is 3.77. The fraction of sp³-hybridized carbons (Fsp3) is 0.0714. The summed E-state index contributed by atoms with van der Waals surface area (Å²) in [6, 6.07) is 8.46. The molecule has 1 N–H and O–H groups in total. The first-order valence-electron chi connectivity index (χ1n) is 5.95. The van der Waals surface area contributed by atoms with Crippen molar-refractivity contribution in [3.05, 3.63) is 50.4 Å². The Morgan fingerprint density at radius 3 is 2.81 bits per heavy atom. The van der Waals surface area contributed by atoms with Gasteiger partial charge < -0.3 is 9.72 Å². The highest BCUT2D eigenvalue weighted by Crippen LogP contribution is 2.30. The van der Waals surface area contributed by atoms with Gasteiger partial charge in [-0.3, -0.25) is 4.57 Å². The van der Waals surface area contributed by atoms with Gasteiger partial charge in [-0.2, -0.15) is 0 Å². The van der Waals surface area contributed by atoms with E-state index in [9.17, 15) is 4.39 Å². The first kappa shape index (κ1) is 14.6. The summed E-state index contributed by atoms with van der Waals surface area (Å²) in [6.07, 6.45) is 0. The normalized spacial score (nSPS) is 11.0. The van der Waals surface area contributed by atoms with Gasteiger partial charge in [0.2, 0.25) is 0 Å². The number of rotatable bonds is 2. The minimum atomic E-state index is -0.485. The third kappa shape index (κ3) is 2.47. The van der Waals surface area contributed by atoms with Gasteiger partial charge in [-0.05, 0) is 46.3 Å². The molecule has 0 saturated heterocycles. The second-order valence-electron chi connectivity index (χ2n) is 4.37. The van der Waals surface area contributed by atoms with Gasteiger partial charge in [0.25, 0.3) is 0 Å². The van der Waals surface area contributed by atoms with E-state index in [0.29, 0.717) is 21.6 Å². The van der Waals surface area contributed by atoms with E-state index in [-0.39, 0.29) is 5.02 Å². The molecule has 0 atom stereocenters. The van der Waals surface area contributed by atoms with E-state index in [1.54, 1.807) is 17.7 Å². The van der Waals surface area contributed by atoms with E-state index in [0.717, 1.165) is 10.2 Å². The molecule has 3 aromatic rings. The number of imidazole rings is 1. The number of nitrogens with one attached hydrogen (secondary N) is 1. The number of aromatic amines is 1. The van der Waals surface area contributed by atoms with Gasteiger partial charge in [0, 0.05) is 12.1 Å². The molecule has 0 unspecified atom stereocenters. The molecule has 3 rings (SSSR count). The van der Waals surface area contributed by atoms with Gasteiger partial charge in [0.05, 0.1) is 33.3 Å². The second-order valence-corrected chi connectivity index (χ2v) is 6.02. The third-order valence-electron chi connectivity index (χ3n) is 3.12. The van der Waals surface area contributed by atoms with Crippen LogP contribution >= 0.6 is 39.7 Å². The maximum absolute atomic E-state index is 13.5. The summed E-state index contributed by atoms with van der Waals surface area (Å²) < 4.78 is 21.9. The Hall–Kier alpha value is -1.37. The monoisotopic (exact) mass is 386 g/mol. The molecule has 0 aliphatic rings. The van der Waals surface area contributed by atoms with E-state index in [4.69, 9.17) is 28.6 Å². The fourth-order valence-corrected chi connectivity index (χ4v) is 3.03. The molecular formula is C14H9BrClFN2OS. The zero-order chi connectivity index (χ0) is 15.1. The van der Waals surface area contributed by atoms with Crippen molar-refractivity contribution in [2.24, 2.45) is 0 Å². The summed E-state index contributed by atoms with van der Waals surface area (Å²) in [5.41, 5.74) is 2.09. The molecule has 0 aliphatic heterocycles. The van der Waals surface area contributed by atoms with Crippen molar-refractivity contribution in [1.29, 1.82) is 0 Å². The molecule has 0 bridgehead atoms. The fourth-order valence-electron chi connectivity index (χ4n) is 2.15. The predicted octanol–water partition coefficient (Wildman–Crippen LogP) is 5.25. The molecule has 0 aliphatic carbocycles. The number of nitrogens with zero attached hydrogens (tertiary/aromatic N) is 1. The van der Waals surface area contributed by atoms with Crippen LogP contribution in [0.5, 0.6) is 5.75 Å². The van der Waals surface area contributed by atoms with Gasteiger partial charge in [-0.1, -0.05) is 11.6 Å². The van der Waals surface area contributed by atoms with Gasteiger partial charge in [0.15, 0.2) is 4.77 Å². The smallest absolute Gasteiger partial charge is 0.182 e. The minimum absolute atomic E-state index is 0.0503. The van der Waals surface area contributed by atoms with Crippen LogP contribution in [-0.2, 0) is 0 Å². The predicted molar refractivity (Wildman–Crippen MR) is 87.7 cm³/mol. The Morgan fingerprint density at radius 2 is 2.10 bits per heavy atom. The highest BCUT2D eigenvalue weighted by Gasteiger charge is 2.12. The lowest BCUT2D eigenvalue weighted by molar-refractivity contribution is 0.412. The summed E-state index contributed by atoms with van der Waals surface area (Å²) in [5.74, 6) is 0.193. The van der Waals surface area contributed by atoms with Crippen molar-refractivity contribution in [3.8, 4) is 11.4 Å². The number of hydrogen-bond acceptors (Lipinski definition) is 2. The Bertz CT molecular complexity index is 906. The first-order valence-corrected chi connectivity index (χ1v) is 7.53. The number of hydrogen-bond donors (Lipinski definition) is 1. The molecule has 0 amide bonds. The van der Waals surface area contributed by atoms with Crippen molar-refractivity contribution in [2.75, 3.05) is 7.11 Å². The third-order valence-corrected chi connectivity index (χ3v) is 4.35. The number of ether oxygens (including phenoxy) is 1. The van der Waals surface area contributed by atoms with Crippen LogP contribution in [0, 0.1) is 10.6 Å². The Labute approximate surface area is 138 Å². The van der Waals surface area contributed by atoms with Crippen LogP contribution in [0.1, 0.15) is 0 Å². The van der Waals surface area contributed by atoms with Crippen molar-refractivity contribution in [3.63, 3.8) is 0 Å². The van der Waals surface area contributed by atoms with Crippen LogP contribution in [0.15, 0.2) is 34.8 Å². The van der Waals surface area contributed by atoms with Crippen LogP contribution < -0.4 is 4.74 Å². The molecule has 0 spiro atoms. The van der Waals surface area contributed by atoms with E-state index in [1.165, 1.54) is 6.07 Å². The lowest BCUT2D eigenvalue weighted by Crippen LogP contribution is -1.95. The molecular weight excluding hydrogens is 379 g/mol. The lowest BCUT2D eigenvalue weighted by atomic mass is 10.2. The molecule has 1 aromatic heterocycles. The SMILES string of the molecule is COc1cc(-n2c(=S)[nH]c3cc(F)c(Cl)cc32)ccc1Br. The zero-order valence-electron chi connectivity index (χ0n) is 10.8. The standard InChI is InChI=1S/C14H9BrClFN2OS/c1-20-13-4-7(2-3-8(13)15)19-12-5-9(16)10(17)6-11(12)18-14(19)21/h2-6H,1H3,(H,18,21). The van der Waals surface area contributed by atoms with Crippen molar-refractivity contribution in [2.45, 2.75) is 0 Å². The van der Waals surface area contributed by atoms with E-state index >= 15 is 0 Å². The molecule has 3 nitrogen and oxygen atoms in total. The van der Waals surface area contributed by atoms with Crippen molar-refractivity contribution >= 4 is 50.8 Å². The number of benzene rings is 2. The Morgan fingerprint density at radius 1 is 1.33 bits per heavy atom. The zero-order valence-corrected chi connectivity index (χ0v) is 13.9. The summed E-state index contributed by atoms with van der Waals surface area (Å²) in [7, 11) is 1.59. The summed E-state index contributed by atoms with van der Waals surface area (Å²) in [6.45, 7) is 0. The van der Waals surface area contributed by atoms with Crippen LogP contribution in [-0.4, -0.2) is 16.7 Å². The van der Waals surface area contributed by atoms with E-state index in [2.05, 4.69) is 20.9 Å². The summed E-state index contributed by atoms with van der Waals surface area (Å²) in [5, 5.41) is 0.0503. The average molecular weight is 388 g/mol. The number of halogens is 3. The van der Waals surface area contributed by atoms with Gasteiger partial charge in [-0.15, -0.1) is 0 Å². The number of methoxy groups -OCH3 is 1. The summed E-state index contributed by atoms with van der Waals surface area (Å²) >= 11 is 14.6. The van der Waals surface area contributed by atoms with E-state index in [1.807, 2.05) is 18.2 Å². The number of H-pyrrole nitrogens is 1. The molecule has 0 fully saturated rings. The molecule has 2 aromatic carbocycles. The topological polar surface area (TPSA) is 29.9 Å². The first-order chi connectivity index (χ1) is 10.0. The van der Waals surface area contributed by atoms with E-state index < -0.39 is 5.82 Å². The maximum Gasteiger partial charge on any atom is 0.182 e. The van der Waals surface area contributed by atoms with Gasteiger partial charge >= 0.3 is 0 Å². The molecule has 108 valence electrons. The molecule has 0 saturated carbocycles. The van der Waals surface area contributed by atoms with Gasteiger partial charge in [0.1, 0.15) is 11.6 Å². The summed E-state index contributed by atoms with van der Waals surface area (Å²) in [4.78, 5) is 2.97. The molecule has 21 heavy (non-hydrogen) atoms. The Balaban J connectivity index is 2.32. The van der Waals surface area contributed by atoms with Crippen LogP contribution in [0.3, 0.4) is 0 Å². The van der Waals surface area contributed by atoms with Crippen molar-refractivity contribution in [1.82, 2.24) is 9.55 Å². The van der Waals surface area contributed by atoms with Crippen LogP contribution in [0.25, 0.3) is 16.7 Å². The highest BCUT2D eigenvalue weighted by molar-refractivity contribution is 9.10. The number of fused-ring (bicyclic) bond motifs is 1. The maximum atomic E-state index is 13.5. The van der Waals surface area contributed by atoms with Crippen molar-refractivity contribution < 1.29 is 9.13 Å². The quantitative estimate of drug-likeness (QED) is 0.609. The minimum Gasteiger partial charge on any atom is -0.495 e. The van der Waals surface area contributed by atoms with Gasteiger partial charge in [-0.25, -0.2) is 4.39 Å². The average Bonchev–Trinajstić information content (AvgIpc) is 2.75. The highest BCUT2D eigenvalue weighted by atomic mass is 79.9. The van der Waals surface area contributed by atoms with Crippen LogP contribution in [0.4, 0.5) is 4.39 Å². The van der Waals surface area contributed by atoms with Crippen LogP contribution in [0.2, 0.25) is 5.02 Å². The molecule has 7 heteroatoms. The molecule has 0 radical (unpaired) electrons. The largest absolute Gasteiger partial charge is 0.495 e.